The van der Waals surface area contributed by atoms with Crippen molar-refractivity contribution in [1.29, 1.82) is 0 Å². The molecule has 1 aliphatic heterocycles. The molecule has 0 aliphatic carbocycles. The number of aromatic nitrogens is 3. The van der Waals surface area contributed by atoms with Crippen molar-refractivity contribution >= 4 is 94.4 Å². The van der Waals surface area contributed by atoms with Crippen molar-refractivity contribution in [3.63, 3.8) is 0 Å². The van der Waals surface area contributed by atoms with Gasteiger partial charge in [-0.25, -0.2) is 5.26 Å². The van der Waals surface area contributed by atoms with Crippen LogP contribution in [0.25, 0.3) is 0 Å². The van der Waals surface area contributed by atoms with Crippen molar-refractivity contribution in [3.8, 4) is 5.75 Å². The number of rotatable bonds is 19. The van der Waals surface area contributed by atoms with Gasteiger partial charge in [0, 0.05) is 16.6 Å². The molecule has 0 spiro atoms. The van der Waals surface area contributed by atoms with Gasteiger partial charge < -0.3 is 20.3 Å². The van der Waals surface area contributed by atoms with Crippen molar-refractivity contribution < 1.29 is 58.3 Å². The number of aryl methyl sites for hydroxylation is 1. The van der Waals surface area contributed by atoms with E-state index in [2.05, 4.69) is 55.4 Å². The Balaban J connectivity index is 1.27. The first-order valence-corrected chi connectivity index (χ1v) is 22.2. The number of benzene rings is 4. The highest BCUT2D eigenvalue weighted by Crippen LogP contribution is 2.35. The molecule has 6 N–H and O–H groups in total. The lowest BCUT2D eigenvalue weighted by atomic mass is 10.2. The van der Waals surface area contributed by atoms with E-state index in [0.29, 0.717) is 33.2 Å². The lowest BCUT2D eigenvalue weighted by Crippen LogP contribution is -2.15. The quantitative estimate of drug-likeness (QED) is 0.00936. The minimum absolute atomic E-state index is 0.0586. The molecule has 1 aliphatic rings. The Morgan fingerprint density at radius 3 is 2.15 bits per heavy atom. The highest BCUT2D eigenvalue weighted by atomic mass is 32.2. The molecule has 1 saturated heterocycles. The molecular weight excluding hydrogens is 873 g/mol. The molecule has 0 bridgehead atoms. The third-order valence-corrected chi connectivity index (χ3v) is 11.2. The van der Waals surface area contributed by atoms with E-state index in [9.17, 15) is 38.9 Å². The Kier molecular flexibility index (Phi) is 13.6. The van der Waals surface area contributed by atoms with E-state index < -0.39 is 41.5 Å². The fraction of sp³-hybridized carbons (Fsp3) is 0.182. The monoisotopic (exact) mass is 904 g/mol. The van der Waals surface area contributed by atoms with Crippen LogP contribution in [-0.2, 0) is 39.7 Å². The summed E-state index contributed by atoms with van der Waals surface area (Å²) in [5, 5.41) is 33.4. The molecule has 0 radical (unpaired) electrons. The first-order chi connectivity index (χ1) is 28.4. The van der Waals surface area contributed by atoms with Crippen LogP contribution in [0.1, 0.15) is 12.0 Å². The molecule has 2 heterocycles. The van der Waals surface area contributed by atoms with Gasteiger partial charge in [-0.05, 0) is 85.6 Å². The fourth-order valence-electron chi connectivity index (χ4n) is 5.09. The number of anilines is 5. The lowest BCUT2D eigenvalue weighted by molar-refractivity contribution is -0.432. The molecule has 1 atom stereocenters. The highest BCUT2D eigenvalue weighted by Gasteiger charge is 2.46. The molecule has 60 heavy (non-hydrogen) atoms. The minimum Gasteiger partial charge on any atom is -0.491 e. The summed E-state index contributed by atoms with van der Waals surface area (Å²) in [6.45, 7) is 1.46. The molecule has 5 aromatic rings. The normalized spacial score (nSPS) is 14.5. The largest absolute Gasteiger partial charge is 0.491 e. The number of azo groups is 2. The SMILES string of the molecule is Cc1cc(Nc2nc(Nc3ccc(N=Nc4cccc(SOOO)c4)cc3OCCCS(=O)(=O)O)nc(N3CC3S(=O)(=O)O)n2)ccc1N=Nc1cccc(S(=O)(=O)O)c1. The molecule has 0 amide bonds. The molecular formula is C33H32N10O13S4. The first kappa shape index (κ1) is 43.8. The zero-order valence-corrected chi connectivity index (χ0v) is 33.9. The van der Waals surface area contributed by atoms with Crippen LogP contribution in [0.5, 0.6) is 5.75 Å². The van der Waals surface area contributed by atoms with E-state index in [4.69, 9.17) is 9.99 Å². The van der Waals surface area contributed by atoms with E-state index >= 15 is 0 Å². The number of nitrogens with one attached hydrogen (secondary N) is 2. The average Bonchev–Trinajstić information content (AvgIpc) is 4.01. The van der Waals surface area contributed by atoms with Crippen LogP contribution in [0.3, 0.4) is 0 Å². The van der Waals surface area contributed by atoms with Gasteiger partial charge in [0.1, 0.15) is 5.75 Å². The second-order valence-electron chi connectivity index (χ2n) is 12.4. The lowest BCUT2D eigenvalue weighted by Gasteiger charge is -2.15. The van der Waals surface area contributed by atoms with E-state index in [0.717, 1.165) is 18.1 Å². The van der Waals surface area contributed by atoms with Crippen molar-refractivity contribution in [2.75, 3.05) is 34.4 Å². The van der Waals surface area contributed by atoms with E-state index in [1.54, 1.807) is 55.5 Å². The van der Waals surface area contributed by atoms with Gasteiger partial charge in [-0.2, -0.15) is 60.7 Å². The summed E-state index contributed by atoms with van der Waals surface area (Å²) in [4.78, 5) is 14.5. The molecule has 27 heteroatoms. The van der Waals surface area contributed by atoms with Crippen LogP contribution >= 0.6 is 12.0 Å². The summed E-state index contributed by atoms with van der Waals surface area (Å²) in [5.74, 6) is -0.734. The van der Waals surface area contributed by atoms with Crippen LogP contribution in [0.15, 0.2) is 115 Å². The average molecular weight is 905 g/mol. The zero-order chi connectivity index (χ0) is 43.1. The smallest absolute Gasteiger partial charge is 0.294 e. The maximum Gasteiger partial charge on any atom is 0.294 e. The first-order valence-electron chi connectivity index (χ1n) is 17.0. The Hall–Kier alpha value is -5.75. The molecule has 6 rings (SSSR count). The van der Waals surface area contributed by atoms with E-state index in [1.165, 1.54) is 35.2 Å². The highest BCUT2D eigenvalue weighted by molar-refractivity contribution is 7.94. The molecule has 4 aromatic carbocycles. The summed E-state index contributed by atoms with van der Waals surface area (Å²) in [6, 6.07) is 21.3. The molecule has 23 nitrogen and oxygen atoms in total. The Morgan fingerprint density at radius 2 is 1.48 bits per heavy atom. The summed E-state index contributed by atoms with van der Waals surface area (Å²) in [5.41, 5.74) is 2.61. The van der Waals surface area contributed by atoms with Crippen LogP contribution in [0.4, 0.5) is 52.0 Å². The summed E-state index contributed by atoms with van der Waals surface area (Å²) < 4.78 is 108. The number of nitrogens with zero attached hydrogens (tertiary/aromatic N) is 8. The Labute approximate surface area is 345 Å². The van der Waals surface area contributed by atoms with Crippen molar-refractivity contribution in [1.82, 2.24) is 15.0 Å². The van der Waals surface area contributed by atoms with E-state index in [1.807, 2.05) is 0 Å². The zero-order valence-electron chi connectivity index (χ0n) is 30.7. The second kappa shape index (κ2) is 18.7. The summed E-state index contributed by atoms with van der Waals surface area (Å²) in [7, 11) is -13.2. The third kappa shape index (κ3) is 12.6. The van der Waals surface area contributed by atoms with Gasteiger partial charge in [0.2, 0.25) is 17.8 Å². The summed E-state index contributed by atoms with van der Waals surface area (Å²) in [6.07, 6.45) is -0.0785. The van der Waals surface area contributed by atoms with Crippen molar-refractivity contribution in [2.24, 2.45) is 20.5 Å². The van der Waals surface area contributed by atoms with Gasteiger partial charge in [-0.15, -0.1) is 4.33 Å². The van der Waals surface area contributed by atoms with Crippen LogP contribution in [-0.4, -0.2) is 83.4 Å². The Bertz CT molecular complexity index is 2780. The fourth-order valence-corrected chi connectivity index (χ4v) is 7.27. The van der Waals surface area contributed by atoms with Crippen LogP contribution in [0.2, 0.25) is 0 Å². The van der Waals surface area contributed by atoms with E-state index in [-0.39, 0.29) is 59.4 Å². The number of ether oxygens (including phenoxy) is 1. The van der Waals surface area contributed by atoms with Gasteiger partial charge in [0.25, 0.3) is 30.4 Å². The molecule has 1 aromatic heterocycles. The summed E-state index contributed by atoms with van der Waals surface area (Å²) >= 11 is 0.730. The van der Waals surface area contributed by atoms with Crippen molar-refractivity contribution in [3.05, 3.63) is 90.5 Å². The Morgan fingerprint density at radius 1 is 0.800 bits per heavy atom. The van der Waals surface area contributed by atoms with Crippen LogP contribution in [0, 0.1) is 6.92 Å². The molecule has 316 valence electrons. The van der Waals surface area contributed by atoms with Gasteiger partial charge >= 0.3 is 0 Å². The van der Waals surface area contributed by atoms with Crippen molar-refractivity contribution in [2.45, 2.75) is 28.5 Å². The predicted molar refractivity (Wildman–Crippen MR) is 215 cm³/mol. The maximum absolute atomic E-state index is 11.9. The molecule has 0 saturated carbocycles. The topological polar surface area (TPSA) is 326 Å². The van der Waals surface area contributed by atoms with Gasteiger partial charge in [-0.3, -0.25) is 13.7 Å². The predicted octanol–water partition coefficient (Wildman–Crippen LogP) is 6.86. The van der Waals surface area contributed by atoms with Gasteiger partial charge in [0.15, 0.2) is 5.37 Å². The molecule has 1 unspecified atom stereocenters. The maximum atomic E-state index is 11.9. The second-order valence-corrected chi connectivity index (χ2v) is 17.8. The number of hydrogen-bond donors (Lipinski definition) is 6. The standard InChI is InChI=1S/C33H32N10O13S4/c1-20-15-21(9-11-27(20)42-41-23-6-3-8-26(17-23)59(48,49)50)34-31-36-32(38-33(37-31)43-19-30(43)60(51,52)53)35-28-12-10-24(18-29(28)54-13-4-14-58(45,46)47)40-39-22-5-2-7-25(16-22)57-56-55-44/h2-3,5-12,15-18,30,44H,4,13-14,19H2,1H3,(H,45,46,47)(H,48,49,50)(H,51,52,53)(H2,34,35,36,37,38). The molecule has 1 fully saturated rings. The van der Waals surface area contributed by atoms with Crippen LogP contribution < -0.4 is 20.3 Å². The minimum atomic E-state index is -4.48. The van der Waals surface area contributed by atoms with Gasteiger partial charge in [-0.1, -0.05) is 17.2 Å². The van der Waals surface area contributed by atoms with Gasteiger partial charge in [0.05, 0.1) is 64.3 Å². The third-order valence-electron chi connectivity index (χ3n) is 7.91. The number of hydrogen-bond acceptors (Lipinski definition) is 21.